The number of amides is 1. The lowest BCUT2D eigenvalue weighted by Crippen LogP contribution is -2.26. The summed E-state index contributed by atoms with van der Waals surface area (Å²) in [5.74, 6) is -0.119. The first-order valence-electron chi connectivity index (χ1n) is 8.54. The van der Waals surface area contributed by atoms with Crippen LogP contribution >= 0.6 is 23.4 Å². The van der Waals surface area contributed by atoms with Gasteiger partial charge >= 0.3 is 0 Å². The van der Waals surface area contributed by atoms with Gasteiger partial charge in [0.1, 0.15) is 0 Å². The molecule has 2 aromatic heterocycles. The maximum Gasteiger partial charge on any atom is 0.262 e. The molecule has 2 N–H and O–H groups in total. The summed E-state index contributed by atoms with van der Waals surface area (Å²) in [6.07, 6.45) is 0. The van der Waals surface area contributed by atoms with Crippen molar-refractivity contribution < 1.29 is 9.53 Å². The minimum absolute atomic E-state index is 0.0928. The SMILES string of the molecule is COCCn1c(SCC(=O)Nc2c(C)n[nH]c2C)nc2cc(Cl)ccc2c1=O. The third-order valence-corrected chi connectivity index (χ3v) is 5.34. The van der Waals surface area contributed by atoms with Crippen LogP contribution in [-0.2, 0) is 16.1 Å². The van der Waals surface area contributed by atoms with Gasteiger partial charge in [-0.3, -0.25) is 19.3 Å². The van der Waals surface area contributed by atoms with Crippen molar-refractivity contribution >= 4 is 45.9 Å². The number of carbonyl (C=O) groups excluding carboxylic acids is 1. The van der Waals surface area contributed by atoms with Crippen molar-refractivity contribution in [3.8, 4) is 0 Å². The molecule has 0 aliphatic heterocycles. The lowest BCUT2D eigenvalue weighted by Gasteiger charge is -2.13. The average Bonchev–Trinajstić information content (AvgIpc) is 2.97. The zero-order chi connectivity index (χ0) is 20.3. The van der Waals surface area contributed by atoms with Crippen LogP contribution in [0.15, 0.2) is 28.2 Å². The molecule has 0 aliphatic carbocycles. The average molecular weight is 422 g/mol. The highest BCUT2D eigenvalue weighted by Gasteiger charge is 2.15. The first-order valence-corrected chi connectivity index (χ1v) is 9.90. The molecule has 0 radical (unpaired) electrons. The third-order valence-electron chi connectivity index (χ3n) is 4.13. The number of benzene rings is 1. The topological polar surface area (TPSA) is 102 Å². The van der Waals surface area contributed by atoms with E-state index in [1.165, 1.54) is 16.3 Å². The van der Waals surface area contributed by atoms with Gasteiger partial charge in [-0.1, -0.05) is 23.4 Å². The number of thioether (sulfide) groups is 1. The Balaban J connectivity index is 1.86. The van der Waals surface area contributed by atoms with Crippen molar-refractivity contribution in [2.24, 2.45) is 0 Å². The highest BCUT2D eigenvalue weighted by Crippen LogP contribution is 2.22. The molecule has 2 heterocycles. The molecule has 0 bridgehead atoms. The summed E-state index contributed by atoms with van der Waals surface area (Å²) in [6, 6.07) is 4.95. The number of aromatic amines is 1. The minimum Gasteiger partial charge on any atom is -0.383 e. The summed E-state index contributed by atoms with van der Waals surface area (Å²) in [6.45, 7) is 4.34. The Labute approximate surface area is 170 Å². The van der Waals surface area contributed by atoms with Crippen molar-refractivity contribution in [3.05, 3.63) is 45.0 Å². The van der Waals surface area contributed by atoms with Gasteiger partial charge in [0.2, 0.25) is 5.91 Å². The van der Waals surface area contributed by atoms with Crippen LogP contribution in [0, 0.1) is 13.8 Å². The number of anilines is 1. The zero-order valence-corrected chi connectivity index (χ0v) is 17.3. The number of ether oxygens (including phenoxy) is 1. The van der Waals surface area contributed by atoms with E-state index < -0.39 is 0 Å². The molecule has 10 heteroatoms. The minimum atomic E-state index is -0.212. The fourth-order valence-corrected chi connectivity index (χ4v) is 3.70. The van der Waals surface area contributed by atoms with Gasteiger partial charge in [-0.25, -0.2) is 4.98 Å². The normalized spacial score (nSPS) is 11.1. The van der Waals surface area contributed by atoms with Crippen molar-refractivity contribution in [1.29, 1.82) is 0 Å². The highest BCUT2D eigenvalue weighted by molar-refractivity contribution is 7.99. The standard InChI is InChI=1S/C18H20ClN5O3S/c1-10-16(11(2)23-22-10)21-15(25)9-28-18-20-14-8-12(19)4-5-13(14)17(26)24(18)6-7-27-3/h4-5,8H,6-7,9H2,1-3H3,(H,21,25)(H,22,23). The summed E-state index contributed by atoms with van der Waals surface area (Å²) in [4.78, 5) is 29.8. The molecule has 1 aromatic carbocycles. The van der Waals surface area contributed by atoms with E-state index in [1.807, 2.05) is 13.8 Å². The largest absolute Gasteiger partial charge is 0.383 e. The molecular formula is C18H20ClN5O3S. The van der Waals surface area contributed by atoms with Gasteiger partial charge in [-0.2, -0.15) is 5.10 Å². The van der Waals surface area contributed by atoms with Crippen LogP contribution in [0.3, 0.4) is 0 Å². The smallest absolute Gasteiger partial charge is 0.262 e. The zero-order valence-electron chi connectivity index (χ0n) is 15.7. The van der Waals surface area contributed by atoms with E-state index in [0.29, 0.717) is 45.6 Å². The Morgan fingerprint density at radius 3 is 2.86 bits per heavy atom. The Kier molecular flexibility index (Phi) is 6.38. The molecule has 0 atom stereocenters. The van der Waals surface area contributed by atoms with E-state index in [4.69, 9.17) is 16.3 Å². The molecule has 0 saturated heterocycles. The molecule has 3 rings (SSSR count). The molecule has 1 amide bonds. The number of aryl methyl sites for hydroxylation is 2. The van der Waals surface area contributed by atoms with Crippen molar-refractivity contribution in [2.75, 3.05) is 24.8 Å². The number of nitrogens with zero attached hydrogens (tertiary/aromatic N) is 3. The lowest BCUT2D eigenvalue weighted by molar-refractivity contribution is -0.113. The quantitative estimate of drug-likeness (QED) is 0.449. The summed E-state index contributed by atoms with van der Waals surface area (Å²) >= 11 is 7.22. The Bertz CT molecular complexity index is 1060. The summed E-state index contributed by atoms with van der Waals surface area (Å²) < 4.78 is 6.62. The lowest BCUT2D eigenvalue weighted by atomic mass is 10.2. The summed E-state index contributed by atoms with van der Waals surface area (Å²) in [5, 5.41) is 11.1. The first-order chi connectivity index (χ1) is 13.4. The van der Waals surface area contributed by atoms with E-state index in [1.54, 1.807) is 25.3 Å². The number of nitrogens with one attached hydrogen (secondary N) is 2. The van der Waals surface area contributed by atoms with E-state index in [9.17, 15) is 9.59 Å². The number of aromatic nitrogens is 4. The van der Waals surface area contributed by atoms with E-state index >= 15 is 0 Å². The second-order valence-electron chi connectivity index (χ2n) is 6.15. The molecule has 8 nitrogen and oxygen atoms in total. The van der Waals surface area contributed by atoms with Gasteiger partial charge in [-0.05, 0) is 32.0 Å². The maximum atomic E-state index is 12.9. The van der Waals surface area contributed by atoms with E-state index in [2.05, 4.69) is 20.5 Å². The summed E-state index contributed by atoms with van der Waals surface area (Å²) in [7, 11) is 1.56. The fraction of sp³-hybridized carbons (Fsp3) is 0.333. The highest BCUT2D eigenvalue weighted by atomic mass is 35.5. The van der Waals surface area contributed by atoms with E-state index in [-0.39, 0.29) is 17.2 Å². The number of fused-ring (bicyclic) bond motifs is 1. The second-order valence-corrected chi connectivity index (χ2v) is 7.53. The molecule has 0 fully saturated rings. The van der Waals surface area contributed by atoms with Crippen LogP contribution in [0.25, 0.3) is 10.9 Å². The molecular weight excluding hydrogens is 402 g/mol. The number of rotatable bonds is 7. The van der Waals surface area contributed by atoms with Crippen LogP contribution in [0.4, 0.5) is 5.69 Å². The van der Waals surface area contributed by atoms with Crippen molar-refractivity contribution in [2.45, 2.75) is 25.5 Å². The van der Waals surface area contributed by atoms with Crippen molar-refractivity contribution in [3.63, 3.8) is 0 Å². The van der Waals surface area contributed by atoms with Crippen LogP contribution in [0.5, 0.6) is 0 Å². The molecule has 0 saturated carbocycles. The monoisotopic (exact) mass is 421 g/mol. The van der Waals surface area contributed by atoms with Crippen LogP contribution in [0.2, 0.25) is 5.02 Å². The van der Waals surface area contributed by atoms with Gasteiger partial charge in [0.05, 0.1) is 46.9 Å². The number of carbonyl (C=O) groups is 1. The second kappa shape index (κ2) is 8.76. The van der Waals surface area contributed by atoms with Gasteiger partial charge in [0.25, 0.3) is 5.56 Å². The Morgan fingerprint density at radius 1 is 1.39 bits per heavy atom. The number of halogens is 1. The number of H-pyrrole nitrogens is 1. The Hall–Kier alpha value is -2.36. The number of hydrogen-bond donors (Lipinski definition) is 2. The first kappa shape index (κ1) is 20.4. The van der Waals surface area contributed by atoms with Crippen LogP contribution in [-0.4, -0.2) is 45.1 Å². The predicted molar refractivity (Wildman–Crippen MR) is 110 cm³/mol. The predicted octanol–water partition coefficient (Wildman–Crippen LogP) is 2.77. The summed E-state index contributed by atoms with van der Waals surface area (Å²) in [5.41, 5.74) is 2.47. The molecule has 3 aromatic rings. The molecule has 148 valence electrons. The molecule has 0 aliphatic rings. The van der Waals surface area contributed by atoms with Gasteiger partial charge in [0, 0.05) is 12.1 Å². The maximum absolute atomic E-state index is 12.9. The van der Waals surface area contributed by atoms with E-state index in [0.717, 1.165) is 5.69 Å². The molecule has 0 unspecified atom stereocenters. The fourth-order valence-electron chi connectivity index (χ4n) is 2.70. The van der Waals surface area contributed by atoms with Gasteiger partial charge in [-0.15, -0.1) is 0 Å². The number of methoxy groups -OCH3 is 1. The van der Waals surface area contributed by atoms with Crippen LogP contribution in [0.1, 0.15) is 11.4 Å². The van der Waals surface area contributed by atoms with Crippen molar-refractivity contribution in [1.82, 2.24) is 19.7 Å². The van der Waals surface area contributed by atoms with Gasteiger partial charge in [0.15, 0.2) is 5.16 Å². The van der Waals surface area contributed by atoms with Gasteiger partial charge < -0.3 is 10.1 Å². The number of hydrogen-bond acceptors (Lipinski definition) is 6. The third kappa shape index (κ3) is 4.37. The van der Waals surface area contributed by atoms with Crippen LogP contribution < -0.4 is 10.9 Å². The molecule has 28 heavy (non-hydrogen) atoms. The molecule has 0 spiro atoms. The Morgan fingerprint density at radius 2 is 2.18 bits per heavy atom.